The zero-order chi connectivity index (χ0) is 22.5. The van der Waals surface area contributed by atoms with Gasteiger partial charge in [0.05, 0.1) is 11.3 Å². The summed E-state index contributed by atoms with van der Waals surface area (Å²) in [7, 11) is 0. The fraction of sp³-hybridized carbons (Fsp3) is 0.375. The van der Waals surface area contributed by atoms with E-state index >= 15 is 0 Å². The van der Waals surface area contributed by atoms with Crippen LogP contribution in [0.4, 0.5) is 4.79 Å². The van der Waals surface area contributed by atoms with Gasteiger partial charge >= 0.3 is 6.03 Å². The summed E-state index contributed by atoms with van der Waals surface area (Å²) in [6, 6.07) is 9.26. The summed E-state index contributed by atoms with van der Waals surface area (Å²) in [5, 5.41) is 5.81. The molecule has 3 heterocycles. The molecule has 32 heavy (non-hydrogen) atoms. The second-order valence-electron chi connectivity index (χ2n) is 7.99. The van der Waals surface area contributed by atoms with Crippen LogP contribution < -0.4 is 20.1 Å². The van der Waals surface area contributed by atoms with Gasteiger partial charge in [0.1, 0.15) is 0 Å². The maximum atomic E-state index is 13.0. The molecule has 1 saturated heterocycles. The van der Waals surface area contributed by atoms with Crippen molar-refractivity contribution in [3.05, 3.63) is 65.5 Å². The van der Waals surface area contributed by atoms with E-state index in [4.69, 9.17) is 14.5 Å². The van der Waals surface area contributed by atoms with Gasteiger partial charge in [0.15, 0.2) is 11.5 Å². The molecule has 1 aromatic heterocycles. The molecule has 2 N–H and O–H groups in total. The van der Waals surface area contributed by atoms with Crippen LogP contribution in [-0.2, 0) is 6.54 Å². The van der Waals surface area contributed by atoms with Crippen LogP contribution in [0, 0.1) is 6.92 Å². The number of carbonyl (C=O) groups excluding carboxylic acids is 2. The fourth-order valence-corrected chi connectivity index (χ4v) is 4.04. The zero-order valence-electron chi connectivity index (χ0n) is 18.2. The van der Waals surface area contributed by atoms with Crippen molar-refractivity contribution in [3.8, 4) is 11.5 Å². The van der Waals surface area contributed by atoms with Crippen molar-refractivity contribution in [1.29, 1.82) is 0 Å². The van der Waals surface area contributed by atoms with Crippen molar-refractivity contribution in [3.63, 3.8) is 0 Å². The Bertz CT molecular complexity index is 1020. The van der Waals surface area contributed by atoms with Crippen LogP contribution in [0.2, 0.25) is 0 Å². The highest BCUT2D eigenvalue weighted by Crippen LogP contribution is 2.33. The molecule has 2 aliphatic heterocycles. The first-order valence-electron chi connectivity index (χ1n) is 10.8. The molecule has 0 saturated carbocycles. The number of aromatic nitrogens is 1. The molecule has 0 bridgehead atoms. The molecule has 1 fully saturated rings. The Balaban J connectivity index is 1.41. The Kier molecular flexibility index (Phi) is 6.58. The lowest BCUT2D eigenvalue weighted by atomic mass is 9.90. The number of ether oxygens (including phenoxy) is 2. The minimum absolute atomic E-state index is 0.0813. The molecule has 8 nitrogen and oxygen atoms in total. The summed E-state index contributed by atoms with van der Waals surface area (Å²) in [4.78, 5) is 31.7. The van der Waals surface area contributed by atoms with Gasteiger partial charge in [0.2, 0.25) is 6.79 Å². The standard InChI is InChI=1S/C24H28N4O4/c1-3-10-25-24(30)28-11-8-18(9-12-28)22-19(6-4-16(2)27-22)23(29)26-14-17-5-7-20-21(13-17)32-15-31-20/h3-7,13,18H,1,8-12,14-15H2,2H3,(H,25,30)(H,26,29). The summed E-state index contributed by atoms with van der Waals surface area (Å²) in [6.45, 7) is 7.85. The van der Waals surface area contributed by atoms with Gasteiger partial charge in [-0.1, -0.05) is 12.1 Å². The Morgan fingerprint density at radius 2 is 1.94 bits per heavy atom. The fourth-order valence-electron chi connectivity index (χ4n) is 4.04. The minimum Gasteiger partial charge on any atom is -0.454 e. The van der Waals surface area contributed by atoms with E-state index in [-0.39, 0.29) is 24.6 Å². The Labute approximate surface area is 187 Å². The number of rotatable bonds is 6. The van der Waals surface area contributed by atoms with E-state index in [0.29, 0.717) is 37.5 Å². The second kappa shape index (κ2) is 9.72. The molecule has 2 aliphatic rings. The maximum absolute atomic E-state index is 13.0. The van der Waals surface area contributed by atoms with Crippen molar-refractivity contribution in [1.82, 2.24) is 20.5 Å². The number of pyridine rings is 1. The highest BCUT2D eigenvalue weighted by Gasteiger charge is 2.28. The molecular formula is C24H28N4O4. The molecule has 0 atom stereocenters. The lowest BCUT2D eigenvalue weighted by Gasteiger charge is -2.32. The Hall–Kier alpha value is -3.55. The number of hydrogen-bond donors (Lipinski definition) is 2. The van der Waals surface area contributed by atoms with Crippen molar-refractivity contribution < 1.29 is 19.1 Å². The average Bonchev–Trinajstić information content (AvgIpc) is 3.29. The predicted molar refractivity (Wildman–Crippen MR) is 120 cm³/mol. The molecule has 3 amide bonds. The van der Waals surface area contributed by atoms with Gasteiger partial charge in [-0.25, -0.2) is 4.79 Å². The molecule has 1 aromatic carbocycles. The van der Waals surface area contributed by atoms with Gasteiger partial charge in [-0.3, -0.25) is 9.78 Å². The lowest BCUT2D eigenvalue weighted by molar-refractivity contribution is 0.0947. The molecule has 8 heteroatoms. The maximum Gasteiger partial charge on any atom is 0.317 e. The van der Waals surface area contributed by atoms with Gasteiger partial charge in [0, 0.05) is 37.8 Å². The summed E-state index contributed by atoms with van der Waals surface area (Å²) >= 11 is 0. The van der Waals surface area contributed by atoms with E-state index < -0.39 is 0 Å². The number of aryl methyl sites for hydroxylation is 1. The van der Waals surface area contributed by atoms with Crippen LogP contribution in [0.3, 0.4) is 0 Å². The number of nitrogens with one attached hydrogen (secondary N) is 2. The zero-order valence-corrected chi connectivity index (χ0v) is 18.2. The number of likely N-dealkylation sites (tertiary alicyclic amines) is 1. The quantitative estimate of drug-likeness (QED) is 0.679. The van der Waals surface area contributed by atoms with Crippen LogP contribution in [0.1, 0.15) is 46.1 Å². The molecule has 4 rings (SSSR count). The summed E-state index contributed by atoms with van der Waals surface area (Å²) in [6.07, 6.45) is 3.19. The van der Waals surface area contributed by atoms with Crippen molar-refractivity contribution in [2.24, 2.45) is 0 Å². The van der Waals surface area contributed by atoms with Crippen LogP contribution in [-0.4, -0.2) is 48.2 Å². The van der Waals surface area contributed by atoms with Crippen LogP contribution in [0.5, 0.6) is 11.5 Å². The Morgan fingerprint density at radius 1 is 1.16 bits per heavy atom. The first-order chi connectivity index (χ1) is 15.5. The third-order valence-electron chi connectivity index (χ3n) is 5.77. The molecule has 0 aliphatic carbocycles. The van der Waals surface area contributed by atoms with E-state index in [1.807, 2.05) is 37.3 Å². The number of amides is 3. The SMILES string of the molecule is C=CCNC(=O)N1CCC(c2nc(C)ccc2C(=O)NCc2ccc3c(c2)OCO3)CC1. The summed E-state index contributed by atoms with van der Waals surface area (Å²) < 4.78 is 10.7. The number of urea groups is 1. The first-order valence-corrected chi connectivity index (χ1v) is 10.8. The molecule has 168 valence electrons. The van der Waals surface area contributed by atoms with E-state index in [1.54, 1.807) is 11.0 Å². The summed E-state index contributed by atoms with van der Waals surface area (Å²) in [5.74, 6) is 1.38. The predicted octanol–water partition coefficient (Wildman–Crippen LogP) is 3.12. The molecule has 0 unspecified atom stereocenters. The number of nitrogens with zero attached hydrogens (tertiary/aromatic N) is 2. The van der Waals surface area contributed by atoms with Crippen molar-refractivity contribution >= 4 is 11.9 Å². The second-order valence-corrected chi connectivity index (χ2v) is 7.99. The minimum atomic E-state index is -0.156. The summed E-state index contributed by atoms with van der Waals surface area (Å²) in [5.41, 5.74) is 3.20. The van der Waals surface area contributed by atoms with Gasteiger partial charge < -0.3 is 25.0 Å². The topological polar surface area (TPSA) is 92.8 Å². The van der Waals surface area contributed by atoms with Crippen molar-refractivity contribution in [2.75, 3.05) is 26.4 Å². The average molecular weight is 437 g/mol. The van der Waals surface area contributed by atoms with Crippen molar-refractivity contribution in [2.45, 2.75) is 32.2 Å². The smallest absolute Gasteiger partial charge is 0.317 e. The van der Waals surface area contributed by atoms with Gasteiger partial charge in [-0.15, -0.1) is 6.58 Å². The van der Waals surface area contributed by atoms with Gasteiger partial charge in [0.25, 0.3) is 5.91 Å². The van der Waals surface area contributed by atoms with Gasteiger partial charge in [-0.2, -0.15) is 0 Å². The van der Waals surface area contributed by atoms with E-state index in [9.17, 15) is 9.59 Å². The third kappa shape index (κ3) is 4.85. The highest BCUT2D eigenvalue weighted by atomic mass is 16.7. The van der Waals surface area contributed by atoms with E-state index in [2.05, 4.69) is 17.2 Å². The van der Waals surface area contributed by atoms with Crippen LogP contribution in [0.25, 0.3) is 0 Å². The number of piperidine rings is 1. The largest absolute Gasteiger partial charge is 0.454 e. The number of hydrogen-bond acceptors (Lipinski definition) is 5. The lowest BCUT2D eigenvalue weighted by Crippen LogP contribution is -2.44. The van der Waals surface area contributed by atoms with Crippen LogP contribution in [0.15, 0.2) is 43.0 Å². The number of fused-ring (bicyclic) bond motifs is 1. The monoisotopic (exact) mass is 436 g/mol. The number of benzene rings is 1. The van der Waals surface area contributed by atoms with Gasteiger partial charge in [-0.05, 0) is 49.6 Å². The highest BCUT2D eigenvalue weighted by molar-refractivity contribution is 5.95. The molecular weight excluding hydrogens is 408 g/mol. The number of carbonyl (C=O) groups is 2. The molecule has 2 aromatic rings. The van der Waals surface area contributed by atoms with E-state index in [1.165, 1.54) is 0 Å². The Morgan fingerprint density at radius 3 is 2.72 bits per heavy atom. The normalized spacial score (nSPS) is 15.3. The van der Waals surface area contributed by atoms with E-state index in [0.717, 1.165) is 35.5 Å². The molecule has 0 radical (unpaired) electrons. The first kappa shape index (κ1) is 21.7. The van der Waals surface area contributed by atoms with Crippen LogP contribution >= 0.6 is 0 Å². The third-order valence-corrected chi connectivity index (χ3v) is 5.77. The molecule has 0 spiro atoms.